The molecule has 1 aromatic carbocycles. The summed E-state index contributed by atoms with van der Waals surface area (Å²) in [7, 11) is 1.57. The van der Waals surface area contributed by atoms with Crippen LogP contribution in [0.25, 0.3) is 0 Å². The molecule has 1 rings (SSSR count). The standard InChI is InChI=1S/C12H16BrF2NO/c1-3-16-10(6-7-17-2)11-9(14)5-4-8(13)12(11)15/h4-5,10,16H,3,6-7H2,1-2H3. The molecule has 0 aromatic heterocycles. The molecule has 0 aliphatic heterocycles. The number of nitrogens with one attached hydrogen (secondary N) is 1. The van der Waals surface area contributed by atoms with Gasteiger partial charge in [0.25, 0.3) is 0 Å². The van der Waals surface area contributed by atoms with Crippen molar-refractivity contribution in [3.05, 3.63) is 33.8 Å². The van der Waals surface area contributed by atoms with Crippen LogP contribution < -0.4 is 5.32 Å². The predicted molar refractivity (Wildman–Crippen MR) is 67.0 cm³/mol. The number of hydrogen-bond acceptors (Lipinski definition) is 2. The maximum atomic E-state index is 13.9. The van der Waals surface area contributed by atoms with Crippen LogP contribution in [0.5, 0.6) is 0 Å². The molecule has 1 aromatic rings. The van der Waals surface area contributed by atoms with Crippen LogP contribution in [0, 0.1) is 11.6 Å². The van der Waals surface area contributed by atoms with E-state index in [-0.39, 0.29) is 16.1 Å². The SMILES string of the molecule is CCNC(CCOC)c1c(F)ccc(Br)c1F. The van der Waals surface area contributed by atoms with Crippen molar-refractivity contribution >= 4 is 15.9 Å². The fourth-order valence-electron chi connectivity index (χ4n) is 1.69. The van der Waals surface area contributed by atoms with Crippen molar-refractivity contribution in [1.29, 1.82) is 0 Å². The maximum Gasteiger partial charge on any atom is 0.145 e. The Morgan fingerprint density at radius 2 is 2.12 bits per heavy atom. The van der Waals surface area contributed by atoms with E-state index < -0.39 is 11.6 Å². The van der Waals surface area contributed by atoms with Gasteiger partial charge in [-0.15, -0.1) is 0 Å². The van der Waals surface area contributed by atoms with Gasteiger partial charge in [-0.1, -0.05) is 6.92 Å². The van der Waals surface area contributed by atoms with E-state index in [4.69, 9.17) is 4.74 Å². The molecule has 0 aliphatic carbocycles. The van der Waals surface area contributed by atoms with Crippen LogP contribution in [0.1, 0.15) is 24.9 Å². The van der Waals surface area contributed by atoms with Crippen LogP contribution >= 0.6 is 15.9 Å². The number of benzene rings is 1. The highest BCUT2D eigenvalue weighted by Crippen LogP contribution is 2.28. The van der Waals surface area contributed by atoms with E-state index in [0.717, 1.165) is 0 Å². The Kier molecular flexibility index (Phi) is 6.02. The van der Waals surface area contributed by atoms with Gasteiger partial charge in [0.2, 0.25) is 0 Å². The largest absolute Gasteiger partial charge is 0.385 e. The van der Waals surface area contributed by atoms with Crippen molar-refractivity contribution in [2.24, 2.45) is 0 Å². The average Bonchev–Trinajstić information content (AvgIpc) is 2.31. The molecule has 0 saturated carbocycles. The minimum Gasteiger partial charge on any atom is -0.385 e. The third kappa shape index (κ3) is 3.72. The van der Waals surface area contributed by atoms with Crippen molar-refractivity contribution < 1.29 is 13.5 Å². The molecule has 96 valence electrons. The zero-order valence-corrected chi connectivity index (χ0v) is 11.5. The van der Waals surface area contributed by atoms with Crippen molar-refractivity contribution in [3.8, 4) is 0 Å². The summed E-state index contributed by atoms with van der Waals surface area (Å²) >= 11 is 3.07. The van der Waals surface area contributed by atoms with Crippen molar-refractivity contribution in [2.75, 3.05) is 20.3 Å². The topological polar surface area (TPSA) is 21.3 Å². The van der Waals surface area contributed by atoms with Gasteiger partial charge in [-0.25, -0.2) is 8.78 Å². The van der Waals surface area contributed by atoms with Gasteiger partial charge in [0.05, 0.1) is 4.47 Å². The summed E-state index contributed by atoms with van der Waals surface area (Å²) in [6, 6.07) is 2.25. The van der Waals surface area contributed by atoms with Gasteiger partial charge in [-0.3, -0.25) is 0 Å². The number of hydrogen-bond donors (Lipinski definition) is 1. The summed E-state index contributed by atoms with van der Waals surface area (Å²) < 4.78 is 32.8. The second kappa shape index (κ2) is 7.03. The van der Waals surface area contributed by atoms with Crippen LogP contribution in [-0.4, -0.2) is 20.3 Å². The first kappa shape index (κ1) is 14.5. The van der Waals surface area contributed by atoms with E-state index in [9.17, 15) is 8.78 Å². The van der Waals surface area contributed by atoms with E-state index in [0.29, 0.717) is 19.6 Å². The number of rotatable bonds is 6. The molecule has 1 unspecified atom stereocenters. The monoisotopic (exact) mass is 307 g/mol. The lowest BCUT2D eigenvalue weighted by molar-refractivity contribution is 0.182. The zero-order valence-electron chi connectivity index (χ0n) is 9.90. The van der Waals surface area contributed by atoms with E-state index >= 15 is 0 Å². The lowest BCUT2D eigenvalue weighted by atomic mass is 10.0. The molecule has 0 heterocycles. The zero-order chi connectivity index (χ0) is 12.8. The molecule has 0 radical (unpaired) electrons. The van der Waals surface area contributed by atoms with Gasteiger partial charge in [0.1, 0.15) is 11.6 Å². The molecular weight excluding hydrogens is 292 g/mol. The van der Waals surface area contributed by atoms with Crippen LogP contribution in [-0.2, 0) is 4.74 Å². The number of methoxy groups -OCH3 is 1. The summed E-state index contributed by atoms with van der Waals surface area (Å²) in [6.07, 6.45) is 0.522. The maximum absolute atomic E-state index is 13.9. The number of halogens is 3. The molecule has 1 atom stereocenters. The Labute approximate surface area is 108 Å². The van der Waals surface area contributed by atoms with E-state index in [2.05, 4.69) is 21.2 Å². The summed E-state index contributed by atoms with van der Waals surface area (Å²) in [4.78, 5) is 0. The van der Waals surface area contributed by atoms with Crippen LogP contribution in [0.2, 0.25) is 0 Å². The smallest absolute Gasteiger partial charge is 0.145 e. The van der Waals surface area contributed by atoms with Crippen LogP contribution in [0.3, 0.4) is 0 Å². The Hall–Kier alpha value is -0.520. The van der Waals surface area contributed by atoms with E-state index in [1.165, 1.54) is 12.1 Å². The summed E-state index contributed by atoms with van der Waals surface area (Å²) in [5, 5.41) is 3.06. The molecular formula is C12H16BrF2NO. The Balaban J connectivity index is 3.03. The molecule has 0 saturated heterocycles. The minimum atomic E-state index is -0.549. The molecule has 0 spiro atoms. The molecule has 0 fully saturated rings. The lowest BCUT2D eigenvalue weighted by Gasteiger charge is -2.19. The second-order valence-corrected chi connectivity index (χ2v) is 4.50. The van der Waals surface area contributed by atoms with Crippen molar-refractivity contribution in [2.45, 2.75) is 19.4 Å². The normalized spacial score (nSPS) is 12.8. The van der Waals surface area contributed by atoms with Gasteiger partial charge in [-0.2, -0.15) is 0 Å². The van der Waals surface area contributed by atoms with Crippen LogP contribution in [0.4, 0.5) is 8.78 Å². The molecule has 0 amide bonds. The molecule has 0 aliphatic rings. The highest BCUT2D eigenvalue weighted by molar-refractivity contribution is 9.10. The van der Waals surface area contributed by atoms with Gasteiger partial charge >= 0.3 is 0 Å². The van der Waals surface area contributed by atoms with Gasteiger partial charge < -0.3 is 10.1 Å². The van der Waals surface area contributed by atoms with Crippen molar-refractivity contribution in [3.63, 3.8) is 0 Å². The summed E-state index contributed by atoms with van der Waals surface area (Å²) in [5.74, 6) is -1.08. The highest BCUT2D eigenvalue weighted by Gasteiger charge is 2.21. The fourth-order valence-corrected chi connectivity index (χ4v) is 2.04. The predicted octanol–water partition coefficient (Wildman–Crippen LogP) is 3.41. The Morgan fingerprint density at radius 1 is 1.41 bits per heavy atom. The van der Waals surface area contributed by atoms with Gasteiger partial charge in [0.15, 0.2) is 0 Å². The molecule has 0 bridgehead atoms. The van der Waals surface area contributed by atoms with Gasteiger partial charge in [-0.05, 0) is 41.0 Å². The van der Waals surface area contributed by atoms with E-state index in [1.54, 1.807) is 7.11 Å². The Bertz CT molecular complexity index is 374. The molecule has 1 N–H and O–H groups in total. The summed E-state index contributed by atoms with van der Waals surface area (Å²) in [5.41, 5.74) is 0.0678. The summed E-state index contributed by atoms with van der Waals surface area (Å²) in [6.45, 7) is 2.98. The highest BCUT2D eigenvalue weighted by atomic mass is 79.9. The minimum absolute atomic E-state index is 0.0678. The quantitative estimate of drug-likeness (QED) is 0.813. The van der Waals surface area contributed by atoms with Gasteiger partial charge in [0, 0.05) is 25.3 Å². The lowest BCUT2D eigenvalue weighted by Crippen LogP contribution is -2.24. The third-order valence-electron chi connectivity index (χ3n) is 2.49. The molecule has 17 heavy (non-hydrogen) atoms. The molecule has 5 heteroatoms. The molecule has 2 nitrogen and oxygen atoms in total. The second-order valence-electron chi connectivity index (χ2n) is 3.65. The van der Waals surface area contributed by atoms with E-state index in [1.807, 2.05) is 6.92 Å². The first-order valence-corrected chi connectivity index (χ1v) is 6.26. The van der Waals surface area contributed by atoms with Crippen molar-refractivity contribution in [1.82, 2.24) is 5.32 Å². The first-order valence-electron chi connectivity index (χ1n) is 5.47. The average molecular weight is 308 g/mol. The fraction of sp³-hybridized carbons (Fsp3) is 0.500. The van der Waals surface area contributed by atoms with Crippen LogP contribution in [0.15, 0.2) is 16.6 Å². The third-order valence-corrected chi connectivity index (χ3v) is 3.10. The number of ether oxygens (including phenoxy) is 1. The Morgan fingerprint density at radius 3 is 2.71 bits per heavy atom. The first-order chi connectivity index (χ1) is 8.11.